The van der Waals surface area contributed by atoms with Crippen molar-refractivity contribution in [2.75, 3.05) is 17.4 Å². The molecule has 0 unspecified atom stereocenters. The lowest BCUT2D eigenvalue weighted by molar-refractivity contribution is -0.115. The normalized spacial score (nSPS) is 11.9. The first kappa shape index (κ1) is 17.7. The Kier molecular flexibility index (Phi) is 5.01. The zero-order valence-electron chi connectivity index (χ0n) is 14.8. The van der Waals surface area contributed by atoms with Crippen molar-refractivity contribution in [3.05, 3.63) is 71.5 Å². The van der Waals surface area contributed by atoms with E-state index in [1.54, 1.807) is 24.3 Å². The van der Waals surface area contributed by atoms with Gasteiger partial charge in [0, 0.05) is 6.54 Å². The topological polar surface area (TPSA) is 85.4 Å². The van der Waals surface area contributed by atoms with Crippen LogP contribution in [0.15, 0.2) is 54.6 Å². The molecule has 0 bridgehead atoms. The predicted octanol–water partition coefficient (Wildman–Crippen LogP) is 3.14. The van der Waals surface area contributed by atoms with Crippen LogP contribution in [-0.2, 0) is 17.8 Å². The maximum Gasteiger partial charge on any atom is 0.231 e. The Morgan fingerprint density at radius 3 is 2.61 bits per heavy atom. The van der Waals surface area contributed by atoms with Crippen molar-refractivity contribution in [1.29, 1.82) is 0 Å². The molecule has 142 valence electrons. The van der Waals surface area contributed by atoms with Crippen LogP contribution >= 0.6 is 0 Å². The third-order valence-electron chi connectivity index (χ3n) is 4.10. The van der Waals surface area contributed by atoms with Crippen LogP contribution in [-0.4, -0.2) is 22.9 Å². The van der Waals surface area contributed by atoms with E-state index < -0.39 is 0 Å². The molecule has 2 heterocycles. The summed E-state index contributed by atoms with van der Waals surface area (Å²) in [6.45, 7) is 0.778. The first-order valence-electron chi connectivity index (χ1n) is 8.66. The molecule has 3 aromatic rings. The van der Waals surface area contributed by atoms with E-state index in [2.05, 4.69) is 20.8 Å². The average molecular weight is 380 g/mol. The van der Waals surface area contributed by atoms with Crippen molar-refractivity contribution in [2.24, 2.45) is 0 Å². The molecule has 1 aromatic heterocycles. The Morgan fingerprint density at radius 2 is 1.79 bits per heavy atom. The molecule has 0 spiro atoms. The maximum absolute atomic E-state index is 13.2. The standard InChI is InChI=1S/C20H17FN4O3/c21-15-3-1-2-13(8-15)10-20(26)23-19-7-6-18(24-25-19)22-11-14-4-5-16-17(9-14)28-12-27-16/h1-9H,10-12H2,(H,22,24)(H,23,25,26). The smallest absolute Gasteiger partial charge is 0.231 e. The summed E-state index contributed by atoms with van der Waals surface area (Å²) in [7, 11) is 0. The summed E-state index contributed by atoms with van der Waals surface area (Å²) < 4.78 is 23.8. The quantitative estimate of drug-likeness (QED) is 0.683. The maximum atomic E-state index is 13.2. The number of ether oxygens (including phenoxy) is 2. The molecule has 28 heavy (non-hydrogen) atoms. The lowest BCUT2D eigenvalue weighted by Gasteiger charge is -2.08. The van der Waals surface area contributed by atoms with E-state index in [1.165, 1.54) is 12.1 Å². The van der Waals surface area contributed by atoms with E-state index in [-0.39, 0.29) is 24.9 Å². The fourth-order valence-corrected chi connectivity index (χ4v) is 2.76. The van der Waals surface area contributed by atoms with Crippen LogP contribution < -0.4 is 20.1 Å². The molecule has 4 rings (SSSR count). The van der Waals surface area contributed by atoms with Crippen LogP contribution in [0.4, 0.5) is 16.0 Å². The summed E-state index contributed by atoms with van der Waals surface area (Å²) in [6.07, 6.45) is 0.0591. The van der Waals surface area contributed by atoms with Crippen molar-refractivity contribution >= 4 is 17.5 Å². The Hall–Kier alpha value is -3.68. The highest BCUT2D eigenvalue weighted by molar-refractivity contribution is 5.91. The summed E-state index contributed by atoms with van der Waals surface area (Å²) in [5.41, 5.74) is 1.60. The van der Waals surface area contributed by atoms with Gasteiger partial charge in [-0.15, -0.1) is 10.2 Å². The molecule has 0 saturated heterocycles. The predicted molar refractivity (Wildman–Crippen MR) is 101 cm³/mol. The van der Waals surface area contributed by atoms with Gasteiger partial charge >= 0.3 is 0 Å². The number of fused-ring (bicyclic) bond motifs is 1. The van der Waals surface area contributed by atoms with Gasteiger partial charge in [-0.2, -0.15) is 0 Å². The molecule has 0 radical (unpaired) electrons. The number of rotatable bonds is 6. The summed E-state index contributed by atoms with van der Waals surface area (Å²) in [5, 5.41) is 13.8. The summed E-state index contributed by atoms with van der Waals surface area (Å²) >= 11 is 0. The Morgan fingerprint density at radius 1 is 0.964 bits per heavy atom. The van der Waals surface area contributed by atoms with Gasteiger partial charge in [-0.3, -0.25) is 4.79 Å². The number of benzene rings is 2. The number of carbonyl (C=O) groups is 1. The second-order valence-corrected chi connectivity index (χ2v) is 6.20. The van der Waals surface area contributed by atoms with Gasteiger partial charge in [0.25, 0.3) is 0 Å². The van der Waals surface area contributed by atoms with Crippen LogP contribution in [0.3, 0.4) is 0 Å². The largest absolute Gasteiger partial charge is 0.454 e. The molecule has 2 aromatic carbocycles. The van der Waals surface area contributed by atoms with Crippen LogP contribution in [0, 0.1) is 5.82 Å². The van der Waals surface area contributed by atoms with Gasteiger partial charge < -0.3 is 20.1 Å². The zero-order chi connectivity index (χ0) is 19.3. The minimum Gasteiger partial charge on any atom is -0.454 e. The molecule has 7 nitrogen and oxygen atoms in total. The van der Waals surface area contributed by atoms with Crippen molar-refractivity contribution in [3.63, 3.8) is 0 Å². The third-order valence-corrected chi connectivity index (χ3v) is 4.10. The number of anilines is 2. The van der Waals surface area contributed by atoms with Gasteiger partial charge in [0.2, 0.25) is 12.7 Å². The van der Waals surface area contributed by atoms with E-state index in [4.69, 9.17) is 9.47 Å². The SMILES string of the molecule is O=C(Cc1cccc(F)c1)Nc1ccc(NCc2ccc3c(c2)OCO3)nn1. The molecule has 0 atom stereocenters. The molecule has 1 amide bonds. The minimum atomic E-state index is -0.372. The van der Waals surface area contributed by atoms with Gasteiger partial charge in [-0.05, 0) is 47.5 Å². The van der Waals surface area contributed by atoms with E-state index >= 15 is 0 Å². The van der Waals surface area contributed by atoms with Crippen LogP contribution in [0.5, 0.6) is 11.5 Å². The van der Waals surface area contributed by atoms with Crippen molar-refractivity contribution in [1.82, 2.24) is 10.2 Å². The molecule has 8 heteroatoms. The van der Waals surface area contributed by atoms with Crippen molar-refractivity contribution in [3.8, 4) is 11.5 Å². The number of amides is 1. The van der Waals surface area contributed by atoms with Crippen LogP contribution in [0.2, 0.25) is 0 Å². The summed E-state index contributed by atoms with van der Waals surface area (Å²) in [5.74, 6) is 1.70. The van der Waals surface area contributed by atoms with Crippen LogP contribution in [0.25, 0.3) is 0 Å². The number of hydrogen-bond acceptors (Lipinski definition) is 6. The van der Waals surface area contributed by atoms with E-state index in [0.717, 1.165) is 17.1 Å². The highest BCUT2D eigenvalue weighted by Gasteiger charge is 2.13. The second kappa shape index (κ2) is 7.91. The van der Waals surface area contributed by atoms with Gasteiger partial charge in [-0.25, -0.2) is 4.39 Å². The lowest BCUT2D eigenvalue weighted by atomic mass is 10.1. The number of nitrogens with one attached hydrogen (secondary N) is 2. The Labute approximate surface area is 160 Å². The van der Waals surface area contributed by atoms with E-state index in [1.807, 2.05) is 18.2 Å². The lowest BCUT2D eigenvalue weighted by Crippen LogP contribution is -2.16. The minimum absolute atomic E-state index is 0.0591. The number of aromatic nitrogens is 2. The summed E-state index contributed by atoms with van der Waals surface area (Å²) in [6, 6.07) is 15.0. The number of carbonyl (C=O) groups excluding carboxylic acids is 1. The van der Waals surface area contributed by atoms with Crippen molar-refractivity contribution in [2.45, 2.75) is 13.0 Å². The molecule has 0 aliphatic carbocycles. The Bertz CT molecular complexity index is 995. The highest BCUT2D eigenvalue weighted by Crippen LogP contribution is 2.32. The number of hydrogen-bond donors (Lipinski definition) is 2. The molecule has 2 N–H and O–H groups in total. The second-order valence-electron chi connectivity index (χ2n) is 6.20. The number of nitrogens with zero attached hydrogens (tertiary/aromatic N) is 2. The van der Waals surface area contributed by atoms with Gasteiger partial charge in [0.1, 0.15) is 11.6 Å². The molecule has 0 saturated carbocycles. The molecule has 1 aliphatic heterocycles. The van der Waals surface area contributed by atoms with E-state index in [0.29, 0.717) is 23.7 Å². The van der Waals surface area contributed by atoms with Gasteiger partial charge in [-0.1, -0.05) is 18.2 Å². The average Bonchev–Trinajstić information content (AvgIpc) is 3.15. The van der Waals surface area contributed by atoms with Gasteiger partial charge in [0.15, 0.2) is 17.3 Å². The fraction of sp³-hybridized carbons (Fsp3) is 0.150. The van der Waals surface area contributed by atoms with E-state index in [9.17, 15) is 9.18 Å². The van der Waals surface area contributed by atoms with Crippen LogP contribution in [0.1, 0.15) is 11.1 Å². The number of halogens is 1. The molecule has 0 fully saturated rings. The monoisotopic (exact) mass is 380 g/mol. The first-order chi connectivity index (χ1) is 13.7. The zero-order valence-corrected chi connectivity index (χ0v) is 14.8. The van der Waals surface area contributed by atoms with Gasteiger partial charge in [0.05, 0.1) is 6.42 Å². The van der Waals surface area contributed by atoms with Crippen molar-refractivity contribution < 1.29 is 18.7 Å². The molecular formula is C20H17FN4O3. The fourth-order valence-electron chi connectivity index (χ4n) is 2.76. The highest BCUT2D eigenvalue weighted by atomic mass is 19.1. The Balaban J connectivity index is 1.30. The third kappa shape index (κ3) is 4.35. The molecule has 1 aliphatic rings. The first-order valence-corrected chi connectivity index (χ1v) is 8.66. The molecular weight excluding hydrogens is 363 g/mol. The summed E-state index contributed by atoms with van der Waals surface area (Å²) in [4.78, 5) is 12.0.